The number of rotatable bonds is 2. The maximum absolute atomic E-state index is 12.4. The van der Waals surface area contributed by atoms with Gasteiger partial charge in [-0.1, -0.05) is 20.8 Å². The van der Waals surface area contributed by atoms with Crippen LogP contribution in [0.1, 0.15) is 54.5 Å². The number of amides is 1. The molecular formula is C15H20N4O3. The highest BCUT2D eigenvalue weighted by Gasteiger charge is 2.30. The highest BCUT2D eigenvalue weighted by Crippen LogP contribution is 2.27. The van der Waals surface area contributed by atoms with E-state index in [0.717, 1.165) is 11.5 Å². The van der Waals surface area contributed by atoms with Gasteiger partial charge in [-0.15, -0.1) is 0 Å². The summed E-state index contributed by atoms with van der Waals surface area (Å²) in [5.41, 5.74) is 6.41. The Kier molecular flexibility index (Phi) is 3.52. The Morgan fingerprint density at radius 3 is 2.82 bits per heavy atom. The third-order valence-corrected chi connectivity index (χ3v) is 3.60. The fraction of sp³-hybridized carbons (Fsp3) is 0.533. The van der Waals surface area contributed by atoms with Crippen molar-refractivity contribution in [1.29, 1.82) is 0 Å². The van der Waals surface area contributed by atoms with Gasteiger partial charge >= 0.3 is 0 Å². The average molecular weight is 304 g/mol. The van der Waals surface area contributed by atoms with Crippen LogP contribution in [0, 0.1) is 0 Å². The van der Waals surface area contributed by atoms with Crippen LogP contribution in [0.2, 0.25) is 0 Å². The van der Waals surface area contributed by atoms with Gasteiger partial charge in [0.15, 0.2) is 11.6 Å². The van der Waals surface area contributed by atoms with Crippen molar-refractivity contribution >= 4 is 5.91 Å². The molecule has 0 saturated carbocycles. The second-order valence-corrected chi connectivity index (χ2v) is 6.45. The number of fused-ring (bicyclic) bond motifs is 1. The highest BCUT2D eigenvalue weighted by atomic mass is 16.4. The fourth-order valence-corrected chi connectivity index (χ4v) is 2.36. The van der Waals surface area contributed by atoms with E-state index in [1.807, 2.05) is 0 Å². The molecule has 0 unspecified atom stereocenters. The van der Waals surface area contributed by atoms with Gasteiger partial charge < -0.3 is 19.5 Å². The minimum atomic E-state index is -0.172. The Bertz CT molecular complexity index is 696. The minimum Gasteiger partial charge on any atom is -0.447 e. The molecule has 22 heavy (non-hydrogen) atoms. The number of oxazole rings is 2. The van der Waals surface area contributed by atoms with Crippen LogP contribution in [0.4, 0.5) is 0 Å². The summed E-state index contributed by atoms with van der Waals surface area (Å²) in [6.07, 6.45) is 2.01. The second-order valence-electron chi connectivity index (χ2n) is 6.45. The van der Waals surface area contributed by atoms with Crippen molar-refractivity contribution in [3.8, 4) is 0 Å². The first-order chi connectivity index (χ1) is 10.4. The van der Waals surface area contributed by atoms with E-state index in [2.05, 4.69) is 30.7 Å². The summed E-state index contributed by atoms with van der Waals surface area (Å²) in [6.45, 7) is 7.34. The summed E-state index contributed by atoms with van der Waals surface area (Å²) in [6, 6.07) is 0. The lowest BCUT2D eigenvalue weighted by Crippen LogP contribution is -2.36. The monoisotopic (exact) mass is 304 g/mol. The zero-order chi connectivity index (χ0) is 15.9. The highest BCUT2D eigenvalue weighted by molar-refractivity contribution is 5.92. The number of aromatic nitrogens is 2. The molecule has 0 bridgehead atoms. The lowest BCUT2D eigenvalue weighted by atomic mass is 9.97. The number of hydrogen-bond acceptors (Lipinski definition) is 6. The molecule has 3 rings (SSSR count). The number of carbonyl (C=O) groups is 1. The predicted molar refractivity (Wildman–Crippen MR) is 78.0 cm³/mol. The third-order valence-electron chi connectivity index (χ3n) is 3.60. The molecule has 7 nitrogen and oxygen atoms in total. The van der Waals surface area contributed by atoms with Crippen LogP contribution in [-0.4, -0.2) is 27.3 Å². The molecular weight excluding hydrogens is 284 g/mol. The van der Waals surface area contributed by atoms with Gasteiger partial charge in [-0.2, -0.15) is 0 Å². The van der Waals surface area contributed by atoms with Gasteiger partial charge in [0.1, 0.15) is 17.7 Å². The van der Waals surface area contributed by atoms with Crippen LogP contribution in [0.3, 0.4) is 0 Å². The van der Waals surface area contributed by atoms with Crippen LogP contribution >= 0.6 is 0 Å². The number of nitrogens with zero attached hydrogens (tertiary/aromatic N) is 3. The molecule has 7 heteroatoms. The third kappa shape index (κ3) is 2.64. The summed E-state index contributed by atoms with van der Waals surface area (Å²) in [7, 11) is 0. The summed E-state index contributed by atoms with van der Waals surface area (Å²) in [5.74, 6) is 1.77. The Labute approximate surface area is 128 Å². The number of hydrogen-bond donors (Lipinski definition) is 1. The molecule has 0 aliphatic carbocycles. The molecule has 3 heterocycles. The molecule has 0 spiro atoms. The van der Waals surface area contributed by atoms with Crippen molar-refractivity contribution in [2.75, 3.05) is 6.54 Å². The van der Waals surface area contributed by atoms with Gasteiger partial charge in [-0.3, -0.25) is 4.79 Å². The standard InChI is InChI=1S/C15H20N4O3/c1-15(2,3)14-18-9-7-19(5-4-11(9)22-14)13(20)10-8-21-12(6-16)17-10/h8H,4-7,16H2,1-3H3. The fourth-order valence-electron chi connectivity index (χ4n) is 2.36. The molecule has 0 atom stereocenters. The molecule has 118 valence electrons. The molecule has 0 aromatic carbocycles. The summed E-state index contributed by atoms with van der Waals surface area (Å²) < 4.78 is 11.0. The second kappa shape index (κ2) is 5.24. The van der Waals surface area contributed by atoms with Gasteiger partial charge in [0.25, 0.3) is 5.91 Å². The lowest BCUT2D eigenvalue weighted by molar-refractivity contribution is 0.0721. The predicted octanol–water partition coefficient (Wildman–Crippen LogP) is 1.62. The Hall–Kier alpha value is -2.15. The first-order valence-corrected chi connectivity index (χ1v) is 7.31. The normalized spacial score (nSPS) is 15.0. The summed E-state index contributed by atoms with van der Waals surface area (Å²) >= 11 is 0. The molecule has 1 aliphatic heterocycles. The first-order valence-electron chi connectivity index (χ1n) is 7.31. The number of nitrogens with two attached hydrogens (primary N) is 1. The van der Waals surface area contributed by atoms with Crippen LogP contribution in [-0.2, 0) is 24.9 Å². The molecule has 0 saturated heterocycles. The first kappa shape index (κ1) is 14.8. The Morgan fingerprint density at radius 2 is 2.18 bits per heavy atom. The van der Waals surface area contributed by atoms with Crippen molar-refractivity contribution in [3.05, 3.63) is 35.2 Å². The van der Waals surface area contributed by atoms with E-state index in [0.29, 0.717) is 31.3 Å². The van der Waals surface area contributed by atoms with E-state index in [1.165, 1.54) is 6.26 Å². The molecule has 2 aromatic rings. The molecule has 1 aliphatic rings. The van der Waals surface area contributed by atoms with Gasteiger partial charge in [0, 0.05) is 18.4 Å². The number of carbonyl (C=O) groups excluding carboxylic acids is 1. The summed E-state index contributed by atoms with van der Waals surface area (Å²) in [5, 5.41) is 0. The van der Waals surface area contributed by atoms with Gasteiger partial charge in [-0.05, 0) is 0 Å². The maximum atomic E-state index is 12.4. The maximum Gasteiger partial charge on any atom is 0.276 e. The smallest absolute Gasteiger partial charge is 0.276 e. The van der Waals surface area contributed by atoms with Crippen LogP contribution in [0.15, 0.2) is 15.1 Å². The van der Waals surface area contributed by atoms with Crippen molar-refractivity contribution in [3.63, 3.8) is 0 Å². The minimum absolute atomic E-state index is 0.145. The van der Waals surface area contributed by atoms with E-state index in [9.17, 15) is 4.79 Å². The van der Waals surface area contributed by atoms with E-state index in [1.54, 1.807) is 4.90 Å². The average Bonchev–Trinajstić information content (AvgIpc) is 3.11. The lowest BCUT2D eigenvalue weighted by Gasteiger charge is -2.24. The quantitative estimate of drug-likeness (QED) is 0.905. The van der Waals surface area contributed by atoms with Crippen molar-refractivity contribution in [2.45, 2.75) is 45.7 Å². The van der Waals surface area contributed by atoms with E-state index in [4.69, 9.17) is 14.6 Å². The molecule has 0 fully saturated rings. The molecule has 2 aromatic heterocycles. The van der Waals surface area contributed by atoms with Crippen LogP contribution in [0.5, 0.6) is 0 Å². The van der Waals surface area contributed by atoms with Crippen molar-refractivity contribution in [2.24, 2.45) is 5.73 Å². The Morgan fingerprint density at radius 1 is 1.41 bits per heavy atom. The van der Waals surface area contributed by atoms with E-state index < -0.39 is 0 Å². The van der Waals surface area contributed by atoms with E-state index in [-0.39, 0.29) is 23.6 Å². The Balaban J connectivity index is 1.79. The van der Waals surface area contributed by atoms with Crippen molar-refractivity contribution < 1.29 is 13.6 Å². The van der Waals surface area contributed by atoms with Gasteiger partial charge in [0.2, 0.25) is 5.89 Å². The zero-order valence-corrected chi connectivity index (χ0v) is 13.0. The topological polar surface area (TPSA) is 98.4 Å². The molecule has 0 radical (unpaired) electrons. The molecule has 2 N–H and O–H groups in total. The van der Waals surface area contributed by atoms with Crippen molar-refractivity contribution in [1.82, 2.24) is 14.9 Å². The van der Waals surface area contributed by atoms with Crippen LogP contribution < -0.4 is 5.73 Å². The molecule has 1 amide bonds. The SMILES string of the molecule is CC(C)(C)c1nc2c(o1)CCN(C(=O)c1coc(CN)n1)C2. The van der Waals surface area contributed by atoms with Crippen LogP contribution in [0.25, 0.3) is 0 Å². The van der Waals surface area contributed by atoms with Gasteiger partial charge in [0.05, 0.1) is 13.1 Å². The van der Waals surface area contributed by atoms with E-state index >= 15 is 0 Å². The largest absolute Gasteiger partial charge is 0.447 e. The van der Waals surface area contributed by atoms with Gasteiger partial charge in [-0.25, -0.2) is 9.97 Å². The summed E-state index contributed by atoms with van der Waals surface area (Å²) in [4.78, 5) is 22.8. The zero-order valence-electron chi connectivity index (χ0n) is 13.0.